The predicted octanol–water partition coefficient (Wildman–Crippen LogP) is 0.120. The summed E-state index contributed by atoms with van der Waals surface area (Å²) < 4.78 is 27.0. The van der Waals surface area contributed by atoms with Gasteiger partial charge in [0.1, 0.15) is 0 Å². The third kappa shape index (κ3) is 2.75. The number of nitrogens with one attached hydrogen (secondary N) is 1. The molecule has 0 spiro atoms. The van der Waals surface area contributed by atoms with Crippen LogP contribution in [0, 0.1) is 6.92 Å². The lowest BCUT2D eigenvalue weighted by atomic mass is 10.2. The molecule has 1 unspecified atom stereocenters. The monoisotopic (exact) mass is 316 g/mol. The summed E-state index contributed by atoms with van der Waals surface area (Å²) in [6.07, 6.45) is 2.64. The molecule has 2 aliphatic heterocycles. The first-order chi connectivity index (χ1) is 9.57. The molecule has 0 amide bonds. The minimum absolute atomic E-state index is 0.367. The molecule has 1 atom stereocenters. The molecule has 2 aliphatic rings. The maximum atomic E-state index is 12.5. The van der Waals surface area contributed by atoms with Crippen molar-refractivity contribution in [2.45, 2.75) is 23.6 Å². The Balaban J connectivity index is 1.65. The van der Waals surface area contributed by atoms with Crippen LogP contribution in [0.2, 0.25) is 0 Å². The molecule has 112 valence electrons. The van der Waals surface area contributed by atoms with Crippen molar-refractivity contribution in [3.63, 3.8) is 0 Å². The Morgan fingerprint density at radius 3 is 2.65 bits per heavy atom. The molecule has 0 radical (unpaired) electrons. The van der Waals surface area contributed by atoms with Crippen LogP contribution in [0.1, 0.15) is 11.4 Å². The summed E-state index contributed by atoms with van der Waals surface area (Å²) in [6.45, 7) is 6.73. The van der Waals surface area contributed by atoms with Gasteiger partial charge in [0, 0.05) is 38.8 Å². The molecule has 2 saturated heterocycles. The quantitative estimate of drug-likeness (QED) is 0.858. The standard InChI is InChI=1S/C12H20N4O2S2/c1-10-14-9-12(19-10)20(17,18)16-6-4-15(5-7-16)11-2-3-13-8-11/h9,11,13H,2-8H2,1H3. The molecule has 20 heavy (non-hydrogen) atoms. The largest absolute Gasteiger partial charge is 0.315 e. The summed E-state index contributed by atoms with van der Waals surface area (Å²) in [4.78, 5) is 6.46. The highest BCUT2D eigenvalue weighted by atomic mass is 32.2. The number of hydrogen-bond donors (Lipinski definition) is 1. The van der Waals surface area contributed by atoms with Crippen LogP contribution < -0.4 is 5.32 Å². The Hall–Kier alpha value is -0.540. The Bertz CT molecular complexity index is 558. The van der Waals surface area contributed by atoms with E-state index in [0.29, 0.717) is 23.3 Å². The molecule has 6 nitrogen and oxygen atoms in total. The van der Waals surface area contributed by atoms with Crippen molar-refractivity contribution in [1.29, 1.82) is 0 Å². The highest BCUT2D eigenvalue weighted by Gasteiger charge is 2.32. The lowest BCUT2D eigenvalue weighted by molar-refractivity contribution is 0.145. The zero-order valence-electron chi connectivity index (χ0n) is 11.6. The number of aryl methyl sites for hydroxylation is 1. The van der Waals surface area contributed by atoms with Gasteiger partial charge in [0.15, 0.2) is 4.21 Å². The van der Waals surface area contributed by atoms with Crippen LogP contribution in [0.15, 0.2) is 10.4 Å². The maximum Gasteiger partial charge on any atom is 0.254 e. The fraction of sp³-hybridized carbons (Fsp3) is 0.750. The summed E-state index contributed by atoms with van der Waals surface area (Å²) in [5.74, 6) is 0. The molecule has 0 saturated carbocycles. The summed E-state index contributed by atoms with van der Waals surface area (Å²) in [5, 5.41) is 4.15. The number of sulfonamides is 1. The fourth-order valence-corrected chi connectivity index (χ4v) is 5.53. The minimum Gasteiger partial charge on any atom is -0.315 e. The van der Waals surface area contributed by atoms with Gasteiger partial charge >= 0.3 is 0 Å². The van der Waals surface area contributed by atoms with Crippen LogP contribution in [-0.2, 0) is 10.0 Å². The average molecular weight is 316 g/mol. The van der Waals surface area contributed by atoms with E-state index >= 15 is 0 Å². The van der Waals surface area contributed by atoms with E-state index in [4.69, 9.17) is 0 Å². The van der Waals surface area contributed by atoms with Gasteiger partial charge in [-0.15, -0.1) is 11.3 Å². The van der Waals surface area contributed by atoms with Crippen LogP contribution in [-0.4, -0.2) is 67.9 Å². The summed E-state index contributed by atoms with van der Waals surface area (Å²) in [7, 11) is -3.34. The Morgan fingerprint density at radius 1 is 1.35 bits per heavy atom. The lowest BCUT2D eigenvalue weighted by Crippen LogP contribution is -2.52. The Morgan fingerprint density at radius 2 is 2.10 bits per heavy atom. The molecular weight excluding hydrogens is 296 g/mol. The van der Waals surface area contributed by atoms with Crippen LogP contribution in [0.5, 0.6) is 0 Å². The van der Waals surface area contributed by atoms with E-state index in [-0.39, 0.29) is 0 Å². The Labute approximate surface area is 123 Å². The molecule has 3 rings (SSSR count). The second-order valence-electron chi connectivity index (χ2n) is 5.28. The minimum atomic E-state index is -3.34. The summed E-state index contributed by atoms with van der Waals surface area (Å²) in [6, 6.07) is 0.575. The molecule has 1 aromatic heterocycles. The van der Waals surface area contributed by atoms with Crippen LogP contribution in [0.3, 0.4) is 0 Å². The van der Waals surface area contributed by atoms with Gasteiger partial charge in [0.2, 0.25) is 0 Å². The molecule has 8 heteroatoms. The zero-order valence-corrected chi connectivity index (χ0v) is 13.2. The SMILES string of the molecule is Cc1ncc(S(=O)(=O)N2CCN(C3CCNC3)CC2)s1. The van der Waals surface area contributed by atoms with Crippen molar-refractivity contribution in [2.24, 2.45) is 0 Å². The Kier molecular flexibility index (Phi) is 4.09. The third-order valence-corrected chi connectivity index (χ3v) is 7.27. The number of hydrogen-bond acceptors (Lipinski definition) is 6. The van der Waals surface area contributed by atoms with E-state index in [2.05, 4.69) is 15.2 Å². The second kappa shape index (κ2) is 5.69. The van der Waals surface area contributed by atoms with Crippen molar-refractivity contribution in [3.05, 3.63) is 11.2 Å². The van der Waals surface area contributed by atoms with E-state index in [1.807, 2.05) is 6.92 Å². The van der Waals surface area contributed by atoms with Crippen LogP contribution in [0.4, 0.5) is 0 Å². The zero-order chi connectivity index (χ0) is 14.2. The summed E-state index contributed by atoms with van der Waals surface area (Å²) in [5.41, 5.74) is 0. The molecule has 0 aromatic carbocycles. The predicted molar refractivity (Wildman–Crippen MR) is 78.5 cm³/mol. The fourth-order valence-electron chi connectivity index (χ4n) is 2.85. The van der Waals surface area contributed by atoms with Gasteiger partial charge in [0.25, 0.3) is 10.0 Å². The first-order valence-electron chi connectivity index (χ1n) is 6.95. The molecule has 2 fully saturated rings. The maximum absolute atomic E-state index is 12.5. The normalized spacial score (nSPS) is 26.1. The molecular formula is C12H20N4O2S2. The number of rotatable bonds is 3. The smallest absolute Gasteiger partial charge is 0.254 e. The van der Waals surface area contributed by atoms with E-state index in [1.54, 1.807) is 4.31 Å². The van der Waals surface area contributed by atoms with Crippen molar-refractivity contribution in [2.75, 3.05) is 39.3 Å². The topological polar surface area (TPSA) is 65.5 Å². The number of thiazole rings is 1. The van der Waals surface area contributed by atoms with Gasteiger partial charge in [-0.1, -0.05) is 0 Å². The second-order valence-corrected chi connectivity index (χ2v) is 8.68. The first-order valence-corrected chi connectivity index (χ1v) is 9.20. The highest BCUT2D eigenvalue weighted by molar-refractivity contribution is 7.91. The van der Waals surface area contributed by atoms with Crippen molar-refractivity contribution in [3.8, 4) is 0 Å². The van der Waals surface area contributed by atoms with E-state index in [1.165, 1.54) is 24.0 Å². The summed E-state index contributed by atoms with van der Waals surface area (Å²) >= 11 is 1.25. The number of nitrogens with zero attached hydrogens (tertiary/aromatic N) is 3. The van der Waals surface area contributed by atoms with Gasteiger partial charge < -0.3 is 5.32 Å². The molecule has 1 aromatic rings. The van der Waals surface area contributed by atoms with Crippen LogP contribution >= 0.6 is 11.3 Å². The van der Waals surface area contributed by atoms with Crippen LogP contribution in [0.25, 0.3) is 0 Å². The van der Waals surface area contributed by atoms with Gasteiger partial charge in [-0.05, 0) is 19.9 Å². The van der Waals surface area contributed by atoms with Crippen molar-refractivity contribution >= 4 is 21.4 Å². The van der Waals surface area contributed by atoms with Gasteiger partial charge in [-0.3, -0.25) is 4.90 Å². The first kappa shape index (κ1) is 14.4. The third-order valence-electron chi connectivity index (χ3n) is 4.02. The lowest BCUT2D eigenvalue weighted by Gasteiger charge is -2.36. The molecule has 1 N–H and O–H groups in total. The number of piperazine rings is 1. The van der Waals surface area contributed by atoms with Crippen molar-refractivity contribution < 1.29 is 8.42 Å². The van der Waals surface area contributed by atoms with E-state index in [9.17, 15) is 8.42 Å². The molecule has 0 bridgehead atoms. The highest BCUT2D eigenvalue weighted by Crippen LogP contribution is 2.24. The van der Waals surface area contributed by atoms with Gasteiger partial charge in [-0.2, -0.15) is 4.31 Å². The van der Waals surface area contributed by atoms with E-state index in [0.717, 1.165) is 31.2 Å². The number of aromatic nitrogens is 1. The van der Waals surface area contributed by atoms with E-state index < -0.39 is 10.0 Å². The average Bonchev–Trinajstić information content (AvgIpc) is 3.10. The molecule has 3 heterocycles. The molecule has 0 aliphatic carbocycles. The van der Waals surface area contributed by atoms with Gasteiger partial charge in [0.05, 0.1) is 11.2 Å². The van der Waals surface area contributed by atoms with Gasteiger partial charge in [-0.25, -0.2) is 13.4 Å². The van der Waals surface area contributed by atoms with Crippen molar-refractivity contribution in [1.82, 2.24) is 19.5 Å².